The third kappa shape index (κ3) is 10.7. The van der Waals surface area contributed by atoms with Gasteiger partial charge >= 0.3 is 5.97 Å². The smallest absolute Gasteiger partial charge is 0.303 e. The molecule has 0 radical (unpaired) electrons. The fourth-order valence-corrected chi connectivity index (χ4v) is 12.1. The van der Waals surface area contributed by atoms with Crippen molar-refractivity contribution < 1.29 is 24.9 Å². The van der Waals surface area contributed by atoms with Gasteiger partial charge in [-0.15, -0.1) is 0 Å². The molecule has 0 aromatic carbocycles. The average molecular weight is 702 g/mol. The maximum atomic E-state index is 13.0. The number of carboxylic acids is 1. The number of hydrogen-bond donors (Lipinski definition) is 4. The zero-order valence-electron chi connectivity index (χ0n) is 32.9. The summed E-state index contributed by atoms with van der Waals surface area (Å²) in [5.74, 6) is 1.14. The molecule has 0 bridgehead atoms. The molecule has 4 N–H and O–H groups in total. The van der Waals surface area contributed by atoms with E-state index in [0.717, 1.165) is 57.8 Å². The Kier molecular flexibility index (Phi) is 16.9. The zero-order valence-corrected chi connectivity index (χ0v) is 32.9. The molecule has 0 aliphatic heterocycles. The van der Waals surface area contributed by atoms with Crippen LogP contribution in [0.25, 0.3) is 0 Å². The van der Waals surface area contributed by atoms with Crippen molar-refractivity contribution in [3.8, 4) is 0 Å². The number of amides is 1. The zero-order chi connectivity index (χ0) is 36.1. The molecule has 6 heteroatoms. The van der Waals surface area contributed by atoms with E-state index >= 15 is 0 Å². The Labute approximate surface area is 307 Å². The first-order valence-electron chi connectivity index (χ1n) is 21.9. The molecule has 4 fully saturated rings. The molecule has 0 heterocycles. The first-order chi connectivity index (χ1) is 24.0. The van der Waals surface area contributed by atoms with Crippen LogP contribution in [0, 0.1) is 46.3 Å². The standard InChI is InChI=1S/C44H79NO5/c1-5-6-7-8-9-10-11-12-13-14-15-16-17-18-19-20-21-22-40(48)45-34-27-28-43(3)33(29-34)30-38(46)42-36-25-24-35(32(2)23-26-41(49)50)44(36,4)39(47)31-37(42)43/h32-39,42,46-47H,5-31H2,1-4H3,(H,45,48)(H,49,50)/t32-,33-,34+,35-,36+,37+,38-,39+,42+,43+,44-/m1/s1. The molecule has 4 aliphatic carbocycles. The van der Waals surface area contributed by atoms with E-state index in [2.05, 4.69) is 33.0 Å². The predicted molar refractivity (Wildman–Crippen MR) is 205 cm³/mol. The highest BCUT2D eigenvalue weighted by Crippen LogP contribution is 2.68. The van der Waals surface area contributed by atoms with Crippen LogP contribution in [0.4, 0.5) is 0 Å². The van der Waals surface area contributed by atoms with Gasteiger partial charge < -0.3 is 20.6 Å². The quantitative estimate of drug-likeness (QED) is 0.0794. The molecule has 11 atom stereocenters. The van der Waals surface area contributed by atoms with E-state index in [1.54, 1.807) is 0 Å². The Morgan fingerprint density at radius 3 is 1.84 bits per heavy atom. The number of nitrogens with one attached hydrogen (secondary N) is 1. The highest BCUT2D eigenvalue weighted by molar-refractivity contribution is 5.76. The van der Waals surface area contributed by atoms with Gasteiger partial charge in [0, 0.05) is 18.9 Å². The number of aliphatic hydroxyl groups excluding tert-OH is 2. The number of carbonyl (C=O) groups excluding carboxylic acids is 1. The van der Waals surface area contributed by atoms with Crippen molar-refractivity contribution in [1.82, 2.24) is 5.32 Å². The second-order valence-electron chi connectivity index (χ2n) is 18.5. The van der Waals surface area contributed by atoms with E-state index in [1.165, 1.54) is 96.3 Å². The van der Waals surface area contributed by atoms with E-state index in [4.69, 9.17) is 0 Å². The highest BCUT2D eigenvalue weighted by Gasteiger charge is 2.65. The summed E-state index contributed by atoms with van der Waals surface area (Å²) in [5.41, 5.74) is -0.186. The molecule has 1 amide bonds. The Balaban J connectivity index is 1.10. The van der Waals surface area contributed by atoms with Crippen LogP contribution in [0.5, 0.6) is 0 Å². The van der Waals surface area contributed by atoms with Crippen molar-refractivity contribution >= 4 is 11.9 Å². The molecule has 4 aliphatic rings. The van der Waals surface area contributed by atoms with Gasteiger partial charge in [0.2, 0.25) is 5.91 Å². The van der Waals surface area contributed by atoms with Gasteiger partial charge in [0.15, 0.2) is 0 Å². The second-order valence-corrected chi connectivity index (χ2v) is 18.5. The van der Waals surface area contributed by atoms with E-state index in [-0.39, 0.29) is 53.1 Å². The Bertz CT molecular complexity index is 1020. The van der Waals surface area contributed by atoms with Gasteiger partial charge in [-0.2, -0.15) is 0 Å². The Morgan fingerprint density at radius 2 is 1.28 bits per heavy atom. The van der Waals surface area contributed by atoms with Gasteiger partial charge in [-0.3, -0.25) is 9.59 Å². The van der Waals surface area contributed by atoms with E-state index in [0.29, 0.717) is 30.6 Å². The number of aliphatic hydroxyl groups is 2. The molecule has 50 heavy (non-hydrogen) atoms. The van der Waals surface area contributed by atoms with E-state index in [9.17, 15) is 24.9 Å². The van der Waals surface area contributed by atoms with Crippen molar-refractivity contribution in [3.63, 3.8) is 0 Å². The van der Waals surface area contributed by atoms with Crippen molar-refractivity contribution in [1.29, 1.82) is 0 Å². The Hall–Kier alpha value is -1.14. The Morgan fingerprint density at radius 1 is 0.720 bits per heavy atom. The first kappa shape index (κ1) is 41.6. The van der Waals surface area contributed by atoms with Crippen molar-refractivity contribution in [2.45, 2.75) is 219 Å². The largest absolute Gasteiger partial charge is 0.481 e. The summed E-state index contributed by atoms with van der Waals surface area (Å²) < 4.78 is 0. The molecule has 0 spiro atoms. The summed E-state index contributed by atoms with van der Waals surface area (Å²) in [6, 6.07) is 0.194. The minimum absolute atomic E-state index is 0.0774. The number of hydrogen-bond acceptors (Lipinski definition) is 4. The molecule has 0 aromatic heterocycles. The van der Waals surface area contributed by atoms with Crippen molar-refractivity contribution in [2.24, 2.45) is 46.3 Å². The summed E-state index contributed by atoms with van der Waals surface area (Å²) in [7, 11) is 0. The molecule has 4 saturated carbocycles. The van der Waals surface area contributed by atoms with E-state index in [1.807, 2.05) is 0 Å². The normalized spacial score (nSPS) is 35.6. The lowest BCUT2D eigenvalue weighted by Crippen LogP contribution is -2.63. The van der Waals surface area contributed by atoms with Crippen LogP contribution in [0.15, 0.2) is 0 Å². The van der Waals surface area contributed by atoms with Gasteiger partial charge in [-0.05, 0) is 104 Å². The number of carbonyl (C=O) groups is 2. The second kappa shape index (κ2) is 20.4. The number of fused-ring (bicyclic) bond motifs is 5. The predicted octanol–water partition coefficient (Wildman–Crippen LogP) is 10.6. The number of rotatable bonds is 23. The number of unbranched alkanes of at least 4 members (excludes halogenated alkanes) is 16. The van der Waals surface area contributed by atoms with Crippen LogP contribution in [-0.2, 0) is 9.59 Å². The monoisotopic (exact) mass is 702 g/mol. The molecule has 290 valence electrons. The summed E-state index contributed by atoms with van der Waals surface area (Å²) in [6.45, 7) is 9.13. The molecule has 4 rings (SSSR count). The molecule has 0 unspecified atom stereocenters. The lowest BCUT2D eigenvalue weighted by molar-refractivity contribution is -0.202. The highest BCUT2D eigenvalue weighted by atomic mass is 16.4. The van der Waals surface area contributed by atoms with Crippen LogP contribution in [0.2, 0.25) is 0 Å². The van der Waals surface area contributed by atoms with Gasteiger partial charge in [-0.25, -0.2) is 0 Å². The summed E-state index contributed by atoms with van der Waals surface area (Å²) in [5, 5.41) is 36.2. The summed E-state index contributed by atoms with van der Waals surface area (Å²) in [6.07, 6.45) is 30.1. The van der Waals surface area contributed by atoms with Gasteiger partial charge in [-0.1, -0.05) is 130 Å². The molecule has 0 saturated heterocycles. The minimum atomic E-state index is -0.746. The fraction of sp³-hybridized carbons (Fsp3) is 0.955. The van der Waals surface area contributed by atoms with Crippen LogP contribution >= 0.6 is 0 Å². The number of aliphatic carboxylic acids is 1. The van der Waals surface area contributed by atoms with Gasteiger partial charge in [0.25, 0.3) is 0 Å². The average Bonchev–Trinajstić information content (AvgIpc) is 3.44. The maximum absolute atomic E-state index is 13.0. The lowest BCUT2D eigenvalue weighted by atomic mass is 9.43. The minimum Gasteiger partial charge on any atom is -0.481 e. The first-order valence-corrected chi connectivity index (χ1v) is 21.9. The lowest BCUT2D eigenvalue weighted by Gasteiger charge is -2.63. The topological polar surface area (TPSA) is 107 Å². The molecule has 6 nitrogen and oxygen atoms in total. The third-order valence-corrected chi connectivity index (χ3v) is 15.2. The molecule has 0 aromatic rings. The molecular formula is C44H79NO5. The fourth-order valence-electron chi connectivity index (χ4n) is 12.1. The van der Waals surface area contributed by atoms with E-state index < -0.39 is 12.1 Å². The van der Waals surface area contributed by atoms with Crippen LogP contribution in [0.3, 0.4) is 0 Å². The number of carboxylic acid groups (broad SMARTS) is 1. The van der Waals surface area contributed by atoms with Gasteiger partial charge in [0.05, 0.1) is 12.2 Å². The van der Waals surface area contributed by atoms with Gasteiger partial charge in [0.1, 0.15) is 0 Å². The SMILES string of the molecule is CCCCCCCCCCCCCCCCCCCC(=O)N[C@H]1CC[C@@]2(C)[C@H](C1)C[C@@H](O)[C@@H]1[C@@H]2C[C@H](O)[C@]2(C)[C@@H]([C@H](C)CCC(=O)O)CC[C@@H]12. The summed E-state index contributed by atoms with van der Waals surface area (Å²) >= 11 is 0. The summed E-state index contributed by atoms with van der Waals surface area (Å²) in [4.78, 5) is 24.2. The van der Waals surface area contributed by atoms with Crippen LogP contribution < -0.4 is 5.32 Å². The van der Waals surface area contributed by atoms with Crippen molar-refractivity contribution in [2.75, 3.05) is 0 Å². The van der Waals surface area contributed by atoms with Crippen molar-refractivity contribution in [3.05, 3.63) is 0 Å². The molecular weight excluding hydrogens is 622 g/mol. The van der Waals surface area contributed by atoms with Crippen LogP contribution in [0.1, 0.15) is 201 Å². The van der Waals surface area contributed by atoms with Crippen LogP contribution in [-0.4, -0.2) is 45.4 Å². The maximum Gasteiger partial charge on any atom is 0.303 e. The third-order valence-electron chi connectivity index (χ3n) is 15.2.